The Balaban J connectivity index is 2.12. The predicted molar refractivity (Wildman–Crippen MR) is 82.4 cm³/mol. The van der Waals surface area contributed by atoms with Crippen molar-refractivity contribution in [1.82, 2.24) is 9.88 Å². The summed E-state index contributed by atoms with van der Waals surface area (Å²) in [6, 6.07) is 5.64. The van der Waals surface area contributed by atoms with Crippen molar-refractivity contribution in [1.29, 1.82) is 0 Å². The second-order valence-electron chi connectivity index (χ2n) is 6.19. The summed E-state index contributed by atoms with van der Waals surface area (Å²) in [5, 5.41) is 1.58. The number of carbonyl (C=O) groups excluding carboxylic acids is 1. The van der Waals surface area contributed by atoms with Crippen molar-refractivity contribution in [3.63, 3.8) is 0 Å². The van der Waals surface area contributed by atoms with Gasteiger partial charge in [-0.15, -0.1) is 0 Å². The quantitative estimate of drug-likeness (QED) is 0.842. The first-order valence-electron chi connectivity index (χ1n) is 7.00. The minimum absolute atomic E-state index is 0.0638. The number of aromatic nitrogens is 1. The Labute approximate surface area is 123 Å². The van der Waals surface area contributed by atoms with E-state index < -0.39 is 0 Å². The minimum Gasteiger partial charge on any atom is -0.358 e. The minimum atomic E-state index is -0.0638. The van der Waals surface area contributed by atoms with Crippen molar-refractivity contribution in [3.05, 3.63) is 34.5 Å². The number of likely N-dealkylation sites (tertiary alicyclic amines) is 1. The summed E-state index contributed by atoms with van der Waals surface area (Å²) < 4.78 is 0. The van der Waals surface area contributed by atoms with Crippen LogP contribution in [0.25, 0.3) is 10.9 Å². The molecule has 1 aliphatic rings. The number of fused-ring (bicyclic) bond motifs is 1. The summed E-state index contributed by atoms with van der Waals surface area (Å²) in [6.07, 6.45) is 2.13. The van der Waals surface area contributed by atoms with Crippen molar-refractivity contribution in [2.45, 2.75) is 39.2 Å². The van der Waals surface area contributed by atoms with E-state index in [9.17, 15) is 4.79 Å². The van der Waals surface area contributed by atoms with Crippen LogP contribution < -0.4 is 0 Å². The van der Waals surface area contributed by atoms with E-state index >= 15 is 0 Å². The molecule has 3 nitrogen and oxygen atoms in total. The number of aryl methyl sites for hydroxylation is 1. The lowest BCUT2D eigenvalue weighted by Crippen LogP contribution is -2.42. The number of amides is 1. The number of H-pyrrole nitrogens is 1. The van der Waals surface area contributed by atoms with Crippen LogP contribution in [0.15, 0.2) is 18.2 Å². The average Bonchev–Trinajstić information content (AvgIpc) is 2.87. The third-order valence-electron chi connectivity index (χ3n) is 4.31. The largest absolute Gasteiger partial charge is 0.358 e. The molecule has 0 saturated carbocycles. The molecule has 0 radical (unpaired) electrons. The molecule has 1 aromatic heterocycles. The molecule has 0 spiro atoms. The summed E-state index contributed by atoms with van der Waals surface area (Å²) in [5.41, 5.74) is 2.57. The number of aromatic amines is 1. The van der Waals surface area contributed by atoms with Gasteiger partial charge in [-0.25, -0.2) is 0 Å². The van der Waals surface area contributed by atoms with E-state index in [0.29, 0.717) is 5.02 Å². The van der Waals surface area contributed by atoms with Gasteiger partial charge in [0.25, 0.3) is 5.91 Å². The Bertz CT molecular complexity index is 687. The van der Waals surface area contributed by atoms with Crippen LogP contribution in [0.2, 0.25) is 5.02 Å². The van der Waals surface area contributed by atoms with Gasteiger partial charge in [-0.05, 0) is 51.8 Å². The lowest BCUT2D eigenvalue weighted by Gasteiger charge is -2.31. The van der Waals surface area contributed by atoms with Crippen LogP contribution in [0, 0.1) is 6.92 Å². The second-order valence-corrected chi connectivity index (χ2v) is 6.62. The van der Waals surface area contributed by atoms with E-state index in [2.05, 4.69) is 18.8 Å². The van der Waals surface area contributed by atoms with E-state index in [0.717, 1.165) is 41.5 Å². The Kier molecular flexibility index (Phi) is 3.05. The number of hydrogen-bond acceptors (Lipinski definition) is 1. The fourth-order valence-electron chi connectivity index (χ4n) is 3.19. The molecule has 2 aromatic rings. The zero-order valence-electron chi connectivity index (χ0n) is 12.1. The number of halogens is 1. The lowest BCUT2D eigenvalue weighted by atomic mass is 10.0. The highest BCUT2D eigenvalue weighted by atomic mass is 35.5. The molecule has 4 heteroatoms. The molecule has 1 fully saturated rings. The van der Waals surface area contributed by atoms with Crippen molar-refractivity contribution < 1.29 is 4.79 Å². The first-order chi connectivity index (χ1) is 9.40. The molecular weight excluding hydrogens is 272 g/mol. The summed E-state index contributed by atoms with van der Waals surface area (Å²) in [7, 11) is 0. The predicted octanol–water partition coefficient (Wildman–Crippen LogP) is 4.14. The van der Waals surface area contributed by atoms with E-state index in [-0.39, 0.29) is 11.4 Å². The molecule has 1 aromatic carbocycles. The molecule has 0 aliphatic carbocycles. The highest BCUT2D eigenvalue weighted by Crippen LogP contribution is 2.33. The summed E-state index contributed by atoms with van der Waals surface area (Å²) >= 11 is 6.08. The van der Waals surface area contributed by atoms with Gasteiger partial charge in [-0.3, -0.25) is 4.79 Å². The standard InChI is InChI=1S/C16H19ClN2O/c1-10-14(12-9-11(17)5-6-13(12)18-10)15(20)19-8-4-7-16(19,2)3/h5-6,9,18H,4,7-8H2,1-3H3. The SMILES string of the molecule is Cc1[nH]c2ccc(Cl)cc2c1C(=O)N1CCCC1(C)C. The Morgan fingerprint density at radius 1 is 1.40 bits per heavy atom. The zero-order valence-corrected chi connectivity index (χ0v) is 12.8. The van der Waals surface area contributed by atoms with Crippen LogP contribution in [0.4, 0.5) is 0 Å². The third-order valence-corrected chi connectivity index (χ3v) is 4.54. The van der Waals surface area contributed by atoms with Crippen LogP contribution in [0.5, 0.6) is 0 Å². The van der Waals surface area contributed by atoms with Gasteiger partial charge in [-0.1, -0.05) is 11.6 Å². The monoisotopic (exact) mass is 290 g/mol. The van der Waals surface area contributed by atoms with Crippen molar-refractivity contribution in [2.75, 3.05) is 6.54 Å². The van der Waals surface area contributed by atoms with Crippen molar-refractivity contribution >= 4 is 28.4 Å². The Morgan fingerprint density at radius 3 is 2.80 bits per heavy atom. The summed E-state index contributed by atoms with van der Waals surface area (Å²) in [5.74, 6) is 0.110. The first-order valence-corrected chi connectivity index (χ1v) is 7.38. The summed E-state index contributed by atoms with van der Waals surface area (Å²) in [6.45, 7) is 7.05. The second kappa shape index (κ2) is 4.52. The fourth-order valence-corrected chi connectivity index (χ4v) is 3.37. The highest BCUT2D eigenvalue weighted by Gasteiger charge is 2.37. The number of hydrogen-bond donors (Lipinski definition) is 1. The molecule has 2 heterocycles. The van der Waals surface area contributed by atoms with Gasteiger partial charge < -0.3 is 9.88 Å². The average molecular weight is 291 g/mol. The normalized spacial score (nSPS) is 17.9. The van der Waals surface area contributed by atoms with Gasteiger partial charge in [0.2, 0.25) is 0 Å². The van der Waals surface area contributed by atoms with E-state index in [1.807, 2.05) is 30.0 Å². The Hall–Kier alpha value is -1.48. The summed E-state index contributed by atoms with van der Waals surface area (Å²) in [4.78, 5) is 18.2. The van der Waals surface area contributed by atoms with Gasteiger partial charge in [0.15, 0.2) is 0 Å². The van der Waals surface area contributed by atoms with Gasteiger partial charge in [0, 0.05) is 33.7 Å². The molecule has 0 unspecified atom stereocenters. The smallest absolute Gasteiger partial charge is 0.256 e. The molecule has 20 heavy (non-hydrogen) atoms. The Morgan fingerprint density at radius 2 is 2.15 bits per heavy atom. The van der Waals surface area contributed by atoms with E-state index in [4.69, 9.17) is 11.6 Å². The van der Waals surface area contributed by atoms with Crippen LogP contribution in [-0.4, -0.2) is 27.9 Å². The number of rotatable bonds is 1. The van der Waals surface area contributed by atoms with Gasteiger partial charge in [-0.2, -0.15) is 0 Å². The first kappa shape index (κ1) is 13.5. The lowest BCUT2D eigenvalue weighted by molar-refractivity contribution is 0.0653. The van der Waals surface area contributed by atoms with Gasteiger partial charge in [0.1, 0.15) is 0 Å². The number of benzene rings is 1. The third kappa shape index (κ3) is 2.01. The molecule has 1 aliphatic heterocycles. The van der Waals surface area contributed by atoms with E-state index in [1.165, 1.54) is 0 Å². The molecule has 1 N–H and O–H groups in total. The highest BCUT2D eigenvalue weighted by molar-refractivity contribution is 6.31. The number of carbonyl (C=O) groups is 1. The fraction of sp³-hybridized carbons (Fsp3) is 0.438. The molecule has 1 amide bonds. The van der Waals surface area contributed by atoms with Gasteiger partial charge in [0.05, 0.1) is 5.56 Å². The van der Waals surface area contributed by atoms with Crippen LogP contribution >= 0.6 is 11.6 Å². The van der Waals surface area contributed by atoms with Crippen molar-refractivity contribution in [3.8, 4) is 0 Å². The van der Waals surface area contributed by atoms with Gasteiger partial charge >= 0.3 is 0 Å². The molecule has 106 valence electrons. The number of nitrogens with one attached hydrogen (secondary N) is 1. The van der Waals surface area contributed by atoms with E-state index in [1.54, 1.807) is 0 Å². The molecule has 1 saturated heterocycles. The molecule has 0 atom stereocenters. The van der Waals surface area contributed by atoms with Crippen LogP contribution in [0.1, 0.15) is 42.7 Å². The zero-order chi connectivity index (χ0) is 14.5. The topological polar surface area (TPSA) is 36.1 Å². The number of nitrogens with zero attached hydrogens (tertiary/aromatic N) is 1. The molecule has 3 rings (SSSR count). The van der Waals surface area contributed by atoms with Crippen LogP contribution in [-0.2, 0) is 0 Å². The molecular formula is C16H19ClN2O. The maximum atomic E-state index is 12.9. The molecule has 0 bridgehead atoms. The van der Waals surface area contributed by atoms with Crippen LogP contribution in [0.3, 0.4) is 0 Å². The maximum Gasteiger partial charge on any atom is 0.256 e. The maximum absolute atomic E-state index is 12.9. The van der Waals surface area contributed by atoms with Crippen molar-refractivity contribution in [2.24, 2.45) is 0 Å².